The highest BCUT2D eigenvalue weighted by molar-refractivity contribution is 7.13. The molecule has 0 radical (unpaired) electrons. The first kappa shape index (κ1) is 16.8. The summed E-state index contributed by atoms with van der Waals surface area (Å²) in [6, 6.07) is 9.05. The van der Waals surface area contributed by atoms with Crippen molar-refractivity contribution in [3.05, 3.63) is 59.4 Å². The molecule has 0 spiro atoms. The summed E-state index contributed by atoms with van der Waals surface area (Å²) in [4.78, 5) is 28.8. The van der Waals surface area contributed by atoms with Crippen LogP contribution in [0.5, 0.6) is 0 Å². The number of aromatic amines is 1. The zero-order valence-corrected chi connectivity index (χ0v) is 14.2. The molecular weight excluding hydrogens is 338 g/mol. The van der Waals surface area contributed by atoms with Gasteiger partial charge in [0.25, 0.3) is 11.8 Å². The number of hydrogen-bond donors (Lipinski definition) is 3. The van der Waals surface area contributed by atoms with Crippen LogP contribution in [0.25, 0.3) is 10.6 Å². The molecule has 0 saturated heterocycles. The molecule has 0 fully saturated rings. The Hall–Kier alpha value is -3.00. The van der Waals surface area contributed by atoms with Crippen LogP contribution in [0.15, 0.2) is 48.1 Å². The molecule has 2 amide bonds. The zero-order chi connectivity index (χ0) is 17.5. The van der Waals surface area contributed by atoms with Gasteiger partial charge >= 0.3 is 0 Å². The molecule has 3 aromatic rings. The maximum Gasteiger partial charge on any atom is 0.271 e. The van der Waals surface area contributed by atoms with Gasteiger partial charge in [0.1, 0.15) is 0 Å². The fourth-order valence-corrected chi connectivity index (χ4v) is 2.87. The average Bonchev–Trinajstić information content (AvgIpc) is 3.33. The molecule has 0 saturated carbocycles. The highest BCUT2D eigenvalue weighted by atomic mass is 32.1. The summed E-state index contributed by atoms with van der Waals surface area (Å²) in [5, 5.41) is 14.4. The van der Waals surface area contributed by atoms with Gasteiger partial charge in [0.15, 0.2) is 5.69 Å². The van der Waals surface area contributed by atoms with E-state index in [-0.39, 0.29) is 11.8 Å². The van der Waals surface area contributed by atoms with Gasteiger partial charge in [-0.25, -0.2) is 0 Å². The van der Waals surface area contributed by atoms with E-state index in [0.717, 1.165) is 10.6 Å². The zero-order valence-electron chi connectivity index (χ0n) is 13.4. The van der Waals surface area contributed by atoms with Crippen LogP contribution in [-0.2, 0) is 0 Å². The van der Waals surface area contributed by atoms with E-state index in [2.05, 4.69) is 25.8 Å². The van der Waals surface area contributed by atoms with Crippen molar-refractivity contribution >= 4 is 23.2 Å². The summed E-state index contributed by atoms with van der Waals surface area (Å²) in [5.41, 5.74) is 1.69. The molecule has 0 unspecified atom stereocenters. The molecular formula is C17H17N5O2S. The third-order valence-corrected chi connectivity index (χ3v) is 4.35. The van der Waals surface area contributed by atoms with E-state index in [1.165, 1.54) is 6.20 Å². The molecule has 0 aromatic carbocycles. The quantitative estimate of drug-likeness (QED) is 0.565. The minimum Gasteiger partial charge on any atom is -0.352 e. The lowest BCUT2D eigenvalue weighted by atomic mass is 10.2. The Bertz CT molecular complexity index is 830. The van der Waals surface area contributed by atoms with E-state index in [0.29, 0.717) is 30.8 Å². The fourth-order valence-electron chi connectivity index (χ4n) is 2.18. The Balaban J connectivity index is 1.39. The summed E-state index contributed by atoms with van der Waals surface area (Å²) >= 11 is 1.58. The van der Waals surface area contributed by atoms with Gasteiger partial charge in [-0.15, -0.1) is 11.3 Å². The molecule has 3 heterocycles. The lowest BCUT2D eigenvalue weighted by molar-refractivity contribution is 0.0948. The largest absolute Gasteiger partial charge is 0.352 e. The number of pyridine rings is 1. The van der Waals surface area contributed by atoms with Gasteiger partial charge in [-0.3, -0.25) is 19.7 Å². The molecule has 7 nitrogen and oxygen atoms in total. The van der Waals surface area contributed by atoms with E-state index < -0.39 is 0 Å². The Morgan fingerprint density at radius 2 is 1.96 bits per heavy atom. The van der Waals surface area contributed by atoms with Crippen LogP contribution < -0.4 is 10.6 Å². The molecule has 3 rings (SSSR count). The number of thiophene rings is 1. The second-order valence-electron chi connectivity index (χ2n) is 5.25. The summed E-state index contributed by atoms with van der Waals surface area (Å²) in [6.45, 7) is 0.919. The average molecular weight is 355 g/mol. The number of nitrogens with zero attached hydrogens (tertiary/aromatic N) is 2. The monoisotopic (exact) mass is 355 g/mol. The van der Waals surface area contributed by atoms with Gasteiger partial charge in [-0.2, -0.15) is 5.10 Å². The van der Waals surface area contributed by atoms with Gasteiger partial charge in [-0.1, -0.05) is 6.07 Å². The SMILES string of the molecule is O=C(NCCCNC(=O)c1cc(-c2cccs2)[nH]n1)c1cccnc1. The Morgan fingerprint density at radius 1 is 1.12 bits per heavy atom. The Labute approximate surface area is 148 Å². The molecule has 25 heavy (non-hydrogen) atoms. The van der Waals surface area contributed by atoms with Crippen molar-refractivity contribution in [1.82, 2.24) is 25.8 Å². The minimum absolute atomic E-state index is 0.174. The molecule has 128 valence electrons. The highest BCUT2D eigenvalue weighted by Crippen LogP contribution is 2.22. The molecule has 0 aliphatic carbocycles. The summed E-state index contributed by atoms with van der Waals surface area (Å²) in [5.74, 6) is -0.412. The number of nitrogens with one attached hydrogen (secondary N) is 3. The van der Waals surface area contributed by atoms with Crippen LogP contribution >= 0.6 is 11.3 Å². The van der Waals surface area contributed by atoms with Crippen molar-refractivity contribution in [2.45, 2.75) is 6.42 Å². The number of aromatic nitrogens is 3. The lowest BCUT2D eigenvalue weighted by Crippen LogP contribution is -2.30. The second-order valence-corrected chi connectivity index (χ2v) is 6.20. The van der Waals surface area contributed by atoms with Gasteiger partial charge < -0.3 is 10.6 Å². The normalized spacial score (nSPS) is 10.4. The topological polar surface area (TPSA) is 99.8 Å². The fraction of sp³-hybridized carbons (Fsp3) is 0.176. The number of amides is 2. The van der Waals surface area contributed by atoms with Crippen molar-refractivity contribution in [3.63, 3.8) is 0 Å². The highest BCUT2D eigenvalue weighted by Gasteiger charge is 2.11. The van der Waals surface area contributed by atoms with Gasteiger partial charge in [0, 0.05) is 25.5 Å². The van der Waals surface area contributed by atoms with E-state index in [9.17, 15) is 9.59 Å². The van der Waals surface area contributed by atoms with Crippen molar-refractivity contribution < 1.29 is 9.59 Å². The van der Waals surface area contributed by atoms with Gasteiger partial charge in [-0.05, 0) is 36.1 Å². The number of hydrogen-bond acceptors (Lipinski definition) is 5. The maximum atomic E-state index is 12.1. The first-order valence-electron chi connectivity index (χ1n) is 7.80. The van der Waals surface area contributed by atoms with E-state index in [1.54, 1.807) is 35.7 Å². The van der Waals surface area contributed by atoms with E-state index >= 15 is 0 Å². The molecule has 0 aliphatic heterocycles. The predicted octanol–water partition coefficient (Wildman–Crippen LogP) is 2.08. The minimum atomic E-state index is -0.238. The second kappa shape index (κ2) is 8.20. The maximum absolute atomic E-state index is 12.1. The standard InChI is InChI=1S/C17H17N5O2S/c23-16(12-4-1-6-18-11-12)19-7-3-8-20-17(24)14-10-13(21-22-14)15-5-2-9-25-15/h1-2,4-6,9-11H,3,7-8H2,(H,19,23)(H,20,24)(H,21,22). The first-order valence-corrected chi connectivity index (χ1v) is 8.68. The number of carbonyl (C=O) groups is 2. The van der Waals surface area contributed by atoms with Crippen LogP contribution in [0, 0.1) is 0 Å². The number of carbonyl (C=O) groups excluding carboxylic acids is 2. The lowest BCUT2D eigenvalue weighted by Gasteiger charge is -2.05. The molecule has 0 bridgehead atoms. The van der Waals surface area contributed by atoms with Crippen molar-refractivity contribution in [2.24, 2.45) is 0 Å². The predicted molar refractivity (Wildman–Crippen MR) is 95.4 cm³/mol. The van der Waals surface area contributed by atoms with Crippen LogP contribution in [0.4, 0.5) is 0 Å². The van der Waals surface area contributed by atoms with Crippen LogP contribution in [0.1, 0.15) is 27.3 Å². The smallest absolute Gasteiger partial charge is 0.271 e. The van der Waals surface area contributed by atoms with Crippen molar-refractivity contribution in [1.29, 1.82) is 0 Å². The number of rotatable bonds is 7. The summed E-state index contributed by atoms with van der Waals surface area (Å²) < 4.78 is 0. The summed E-state index contributed by atoms with van der Waals surface area (Å²) in [6.07, 6.45) is 3.75. The first-order chi connectivity index (χ1) is 12.2. The van der Waals surface area contributed by atoms with Gasteiger partial charge in [0.05, 0.1) is 16.1 Å². The van der Waals surface area contributed by atoms with Gasteiger partial charge in [0.2, 0.25) is 0 Å². The third-order valence-electron chi connectivity index (χ3n) is 3.45. The summed E-state index contributed by atoms with van der Waals surface area (Å²) in [7, 11) is 0. The van der Waals surface area contributed by atoms with Crippen molar-refractivity contribution in [2.75, 3.05) is 13.1 Å². The molecule has 0 aliphatic rings. The van der Waals surface area contributed by atoms with E-state index in [1.807, 2.05) is 17.5 Å². The van der Waals surface area contributed by atoms with Crippen molar-refractivity contribution in [3.8, 4) is 10.6 Å². The Morgan fingerprint density at radius 3 is 2.68 bits per heavy atom. The van der Waals surface area contributed by atoms with Crippen LogP contribution in [0.3, 0.4) is 0 Å². The van der Waals surface area contributed by atoms with Crippen LogP contribution in [0.2, 0.25) is 0 Å². The molecule has 3 aromatic heterocycles. The molecule has 3 N–H and O–H groups in total. The number of H-pyrrole nitrogens is 1. The van der Waals surface area contributed by atoms with Crippen LogP contribution in [-0.4, -0.2) is 40.1 Å². The molecule has 8 heteroatoms. The third kappa shape index (κ3) is 4.51. The Kier molecular flexibility index (Phi) is 5.53. The molecule has 0 atom stereocenters. The van der Waals surface area contributed by atoms with E-state index in [4.69, 9.17) is 0 Å².